The maximum atomic E-state index is 12.8. The first-order valence-electron chi connectivity index (χ1n) is 9.38. The molecule has 2 aromatic carbocycles. The molecule has 0 radical (unpaired) electrons. The first-order valence-corrected chi connectivity index (χ1v) is 10.9. The van der Waals surface area contributed by atoms with Gasteiger partial charge in [0, 0.05) is 23.7 Å². The highest BCUT2D eigenvalue weighted by molar-refractivity contribution is 7.89. The minimum atomic E-state index is -4.18. The Morgan fingerprint density at radius 2 is 1.83 bits per heavy atom. The second-order valence-electron chi connectivity index (χ2n) is 6.82. The van der Waals surface area contributed by atoms with Gasteiger partial charge in [-0.2, -0.15) is 4.72 Å². The lowest BCUT2D eigenvalue weighted by molar-refractivity contribution is -0.165. The predicted octanol–water partition coefficient (Wildman–Crippen LogP) is 2.73. The molecule has 3 rings (SSSR count). The molecule has 0 fully saturated rings. The van der Waals surface area contributed by atoms with Crippen molar-refractivity contribution in [2.24, 2.45) is 0 Å². The number of carboxylic acids is 1. The monoisotopic (exact) mass is 434 g/mol. The van der Waals surface area contributed by atoms with E-state index < -0.39 is 27.9 Å². The van der Waals surface area contributed by atoms with Crippen LogP contribution in [0.15, 0.2) is 51.8 Å². The molecule has 10 heteroatoms. The quantitative estimate of drug-likeness (QED) is 0.348. The average molecular weight is 434 g/mol. The van der Waals surface area contributed by atoms with E-state index >= 15 is 0 Å². The summed E-state index contributed by atoms with van der Waals surface area (Å²) in [5, 5.41) is 20.8. The summed E-state index contributed by atoms with van der Waals surface area (Å²) in [5.74, 6) is -2.09. The number of para-hydroxylation sites is 1. The van der Waals surface area contributed by atoms with Gasteiger partial charge >= 0.3 is 5.97 Å². The molecule has 1 unspecified atom stereocenters. The van der Waals surface area contributed by atoms with Crippen LogP contribution in [0.5, 0.6) is 0 Å². The highest BCUT2D eigenvalue weighted by Gasteiger charge is 2.27. The van der Waals surface area contributed by atoms with E-state index in [0.29, 0.717) is 28.0 Å². The van der Waals surface area contributed by atoms with Crippen LogP contribution < -0.4 is 4.72 Å². The maximum absolute atomic E-state index is 12.8. The molecular formula is C20H22N2O7S. The number of sulfonamides is 1. The Morgan fingerprint density at radius 3 is 2.53 bits per heavy atom. The number of carboxylic acid groups (broad SMARTS) is 1. The van der Waals surface area contributed by atoms with Gasteiger partial charge in [-0.1, -0.05) is 25.1 Å². The van der Waals surface area contributed by atoms with Crippen LogP contribution in [0.1, 0.15) is 26.2 Å². The van der Waals surface area contributed by atoms with Crippen molar-refractivity contribution in [1.29, 1.82) is 0 Å². The van der Waals surface area contributed by atoms with Gasteiger partial charge in [-0.25, -0.2) is 13.5 Å². The van der Waals surface area contributed by atoms with Crippen molar-refractivity contribution >= 4 is 43.8 Å². The highest BCUT2D eigenvalue weighted by Crippen LogP contribution is 2.30. The van der Waals surface area contributed by atoms with Crippen molar-refractivity contribution < 1.29 is 32.7 Å². The average Bonchev–Trinajstić information content (AvgIpc) is 3.08. The summed E-state index contributed by atoms with van der Waals surface area (Å²) in [5.41, 5.74) is 1.12. The summed E-state index contributed by atoms with van der Waals surface area (Å²) in [7, 11) is -4.18. The Balaban J connectivity index is 1.81. The third kappa shape index (κ3) is 4.61. The molecule has 0 aliphatic heterocycles. The maximum Gasteiger partial charge on any atom is 0.321 e. The number of carbonyl (C=O) groups is 2. The number of nitrogens with one attached hydrogen (secondary N) is 1. The topological polar surface area (TPSA) is 137 Å². The second kappa shape index (κ2) is 8.82. The number of hydroxylamine groups is 2. The fourth-order valence-electron chi connectivity index (χ4n) is 3.09. The van der Waals surface area contributed by atoms with Crippen LogP contribution in [0, 0.1) is 0 Å². The lowest BCUT2D eigenvalue weighted by Gasteiger charge is -2.17. The molecule has 0 aliphatic rings. The van der Waals surface area contributed by atoms with Crippen LogP contribution in [-0.2, 0) is 19.6 Å². The SMILES string of the molecule is CCCN(O)C(=O)CCC(NS(=O)(=O)c1ccc2oc3ccccc3c2c1)C(=O)O. The highest BCUT2D eigenvalue weighted by atomic mass is 32.2. The van der Waals surface area contributed by atoms with E-state index in [2.05, 4.69) is 4.72 Å². The number of nitrogens with zero attached hydrogens (tertiary/aromatic N) is 1. The molecule has 0 saturated carbocycles. The largest absolute Gasteiger partial charge is 0.480 e. The molecule has 3 aromatic rings. The van der Waals surface area contributed by atoms with Crippen molar-refractivity contribution in [3.63, 3.8) is 0 Å². The zero-order valence-electron chi connectivity index (χ0n) is 16.2. The summed E-state index contributed by atoms with van der Waals surface area (Å²) in [6.45, 7) is 1.88. The van der Waals surface area contributed by atoms with Crippen LogP contribution in [0.3, 0.4) is 0 Å². The number of benzene rings is 2. The Bertz CT molecular complexity index is 1190. The van der Waals surface area contributed by atoms with Gasteiger partial charge in [-0.15, -0.1) is 0 Å². The van der Waals surface area contributed by atoms with Gasteiger partial charge in [0.25, 0.3) is 0 Å². The van der Waals surface area contributed by atoms with Crippen LogP contribution in [0.25, 0.3) is 21.9 Å². The molecule has 0 spiro atoms. The Kier molecular flexibility index (Phi) is 6.40. The third-order valence-electron chi connectivity index (χ3n) is 4.62. The van der Waals surface area contributed by atoms with Crippen molar-refractivity contribution in [1.82, 2.24) is 9.79 Å². The van der Waals surface area contributed by atoms with Gasteiger partial charge < -0.3 is 9.52 Å². The van der Waals surface area contributed by atoms with Crippen molar-refractivity contribution in [2.45, 2.75) is 37.1 Å². The van der Waals surface area contributed by atoms with E-state index in [0.717, 1.165) is 5.39 Å². The number of fused-ring (bicyclic) bond motifs is 3. The standard InChI is InChI=1S/C20H22N2O7S/c1-2-11-22(26)19(23)10-8-16(20(24)25)21-30(27,28)13-7-9-18-15(12-13)14-5-3-4-6-17(14)29-18/h3-7,9,12,16,21,26H,2,8,10-11H2,1H3,(H,24,25). The zero-order valence-corrected chi connectivity index (χ0v) is 17.1. The predicted molar refractivity (Wildman–Crippen MR) is 108 cm³/mol. The summed E-state index contributed by atoms with van der Waals surface area (Å²) < 4.78 is 33.4. The fraction of sp³-hybridized carbons (Fsp3) is 0.300. The number of hydrogen-bond acceptors (Lipinski definition) is 6. The van der Waals surface area contributed by atoms with Gasteiger partial charge in [-0.3, -0.25) is 14.8 Å². The number of rotatable bonds is 9. The smallest absolute Gasteiger partial charge is 0.321 e. The lowest BCUT2D eigenvalue weighted by Crippen LogP contribution is -2.41. The van der Waals surface area contributed by atoms with Crippen LogP contribution in [0.2, 0.25) is 0 Å². The van der Waals surface area contributed by atoms with Crippen LogP contribution in [0.4, 0.5) is 0 Å². The van der Waals surface area contributed by atoms with E-state index in [9.17, 15) is 28.3 Å². The second-order valence-corrected chi connectivity index (χ2v) is 8.54. The Labute approximate surface area is 172 Å². The fourth-order valence-corrected chi connectivity index (χ4v) is 4.34. The number of carbonyl (C=O) groups excluding carboxylic acids is 1. The summed E-state index contributed by atoms with van der Waals surface area (Å²) in [4.78, 5) is 23.2. The molecule has 1 heterocycles. The molecule has 3 N–H and O–H groups in total. The minimum Gasteiger partial charge on any atom is -0.480 e. The van der Waals surface area contributed by atoms with Crippen molar-refractivity contribution in [2.75, 3.05) is 6.54 Å². The molecule has 0 aliphatic carbocycles. The molecule has 9 nitrogen and oxygen atoms in total. The minimum absolute atomic E-state index is 0.112. The zero-order chi connectivity index (χ0) is 21.9. The molecule has 30 heavy (non-hydrogen) atoms. The summed E-state index contributed by atoms with van der Waals surface area (Å²) in [6, 6.07) is 9.91. The van der Waals surface area contributed by atoms with Gasteiger partial charge in [0.2, 0.25) is 15.9 Å². The van der Waals surface area contributed by atoms with E-state index in [-0.39, 0.29) is 24.3 Å². The van der Waals surface area contributed by atoms with E-state index in [1.165, 1.54) is 18.2 Å². The summed E-state index contributed by atoms with van der Waals surface area (Å²) >= 11 is 0. The normalized spacial score (nSPS) is 12.9. The third-order valence-corrected chi connectivity index (χ3v) is 6.09. The van der Waals surface area contributed by atoms with Crippen molar-refractivity contribution in [3.8, 4) is 0 Å². The van der Waals surface area contributed by atoms with Crippen LogP contribution in [-0.4, -0.2) is 48.3 Å². The number of hydrogen-bond donors (Lipinski definition) is 3. The van der Waals surface area contributed by atoms with E-state index in [4.69, 9.17) is 4.42 Å². The molecule has 160 valence electrons. The van der Waals surface area contributed by atoms with Gasteiger partial charge in [0.1, 0.15) is 17.2 Å². The molecule has 1 aromatic heterocycles. The molecular weight excluding hydrogens is 412 g/mol. The van der Waals surface area contributed by atoms with E-state index in [1.54, 1.807) is 31.2 Å². The molecule has 0 saturated heterocycles. The van der Waals surface area contributed by atoms with E-state index in [1.807, 2.05) is 0 Å². The summed E-state index contributed by atoms with van der Waals surface area (Å²) in [6.07, 6.45) is -0.0884. The lowest BCUT2D eigenvalue weighted by atomic mass is 10.1. The molecule has 1 amide bonds. The van der Waals surface area contributed by atoms with Crippen LogP contribution >= 0.6 is 0 Å². The number of amides is 1. The van der Waals surface area contributed by atoms with Gasteiger partial charge in [0.15, 0.2) is 0 Å². The first-order chi connectivity index (χ1) is 14.2. The van der Waals surface area contributed by atoms with Gasteiger partial charge in [-0.05, 0) is 37.1 Å². The van der Waals surface area contributed by atoms with Gasteiger partial charge in [0.05, 0.1) is 4.90 Å². The number of aliphatic carboxylic acids is 1. The molecule has 1 atom stereocenters. The van der Waals surface area contributed by atoms with Crippen molar-refractivity contribution in [3.05, 3.63) is 42.5 Å². The number of furan rings is 1. The first kappa shape index (κ1) is 21.8. The Hall–Kier alpha value is -2.95. The molecule has 0 bridgehead atoms. The Morgan fingerprint density at radius 1 is 1.13 bits per heavy atom.